The lowest BCUT2D eigenvalue weighted by atomic mass is 9.99. The molecular formula is C21H24ClN7O2. The van der Waals surface area contributed by atoms with Crippen molar-refractivity contribution in [1.82, 2.24) is 25.1 Å². The molecule has 3 heterocycles. The number of carbonyl (C=O) groups is 1. The molecule has 0 bridgehead atoms. The van der Waals surface area contributed by atoms with E-state index in [9.17, 15) is 9.90 Å². The largest absolute Gasteiger partial charge is 0.396 e. The van der Waals surface area contributed by atoms with Crippen LogP contribution < -0.4 is 10.6 Å². The van der Waals surface area contributed by atoms with E-state index in [4.69, 9.17) is 11.6 Å². The van der Waals surface area contributed by atoms with E-state index in [0.717, 1.165) is 24.2 Å². The van der Waals surface area contributed by atoms with Crippen LogP contribution in [-0.2, 0) is 0 Å². The Morgan fingerprint density at radius 2 is 2.10 bits per heavy atom. The highest BCUT2D eigenvalue weighted by Gasteiger charge is 2.27. The number of anilines is 4. The fourth-order valence-corrected chi connectivity index (χ4v) is 3.65. The number of hydrogen-bond acceptors (Lipinski definition) is 7. The lowest BCUT2D eigenvalue weighted by molar-refractivity contribution is 0.0616. The van der Waals surface area contributed by atoms with Gasteiger partial charge in [-0.1, -0.05) is 11.6 Å². The number of benzene rings is 1. The predicted octanol–water partition coefficient (Wildman–Crippen LogP) is 3.49. The topological polar surface area (TPSA) is 119 Å². The molecule has 1 saturated heterocycles. The molecule has 1 atom stereocenters. The minimum absolute atomic E-state index is 0.0667. The van der Waals surface area contributed by atoms with E-state index in [1.54, 1.807) is 29.2 Å². The van der Waals surface area contributed by atoms with Gasteiger partial charge < -0.3 is 20.6 Å². The van der Waals surface area contributed by atoms with Crippen molar-refractivity contribution in [3.63, 3.8) is 0 Å². The molecule has 3 aromatic rings. The second kappa shape index (κ2) is 9.32. The molecule has 1 aromatic carbocycles. The van der Waals surface area contributed by atoms with E-state index in [1.165, 1.54) is 6.20 Å². The maximum atomic E-state index is 13.2. The van der Waals surface area contributed by atoms with Gasteiger partial charge in [0.2, 0.25) is 0 Å². The van der Waals surface area contributed by atoms with Crippen LogP contribution in [0.2, 0.25) is 5.02 Å². The van der Waals surface area contributed by atoms with Gasteiger partial charge in [-0.2, -0.15) is 5.10 Å². The summed E-state index contributed by atoms with van der Waals surface area (Å²) >= 11 is 5.99. The minimum Gasteiger partial charge on any atom is -0.396 e. The van der Waals surface area contributed by atoms with Gasteiger partial charge in [-0.25, -0.2) is 9.97 Å². The molecule has 1 fully saturated rings. The third-order valence-corrected chi connectivity index (χ3v) is 5.36. The van der Waals surface area contributed by atoms with E-state index in [1.807, 2.05) is 13.0 Å². The Morgan fingerprint density at radius 1 is 1.29 bits per heavy atom. The molecule has 0 spiro atoms. The third kappa shape index (κ3) is 5.12. The number of H-pyrrole nitrogens is 1. The Labute approximate surface area is 184 Å². The van der Waals surface area contributed by atoms with Gasteiger partial charge in [0.1, 0.15) is 0 Å². The zero-order chi connectivity index (χ0) is 21.8. The summed E-state index contributed by atoms with van der Waals surface area (Å²) in [5.74, 6) is 1.25. The average molecular weight is 442 g/mol. The van der Waals surface area contributed by atoms with Crippen molar-refractivity contribution in [2.75, 3.05) is 30.3 Å². The summed E-state index contributed by atoms with van der Waals surface area (Å²) in [6, 6.07) is 8.96. The maximum Gasteiger partial charge on any atom is 0.276 e. The first-order valence-corrected chi connectivity index (χ1v) is 10.5. The van der Waals surface area contributed by atoms with Crippen molar-refractivity contribution >= 4 is 40.6 Å². The molecule has 0 aliphatic carbocycles. The minimum atomic E-state index is -0.218. The van der Waals surface area contributed by atoms with Crippen molar-refractivity contribution in [2.24, 2.45) is 5.92 Å². The van der Waals surface area contributed by atoms with Gasteiger partial charge in [-0.05, 0) is 49.9 Å². The lowest BCUT2D eigenvalue weighted by Crippen LogP contribution is -2.41. The Morgan fingerprint density at radius 3 is 2.81 bits per heavy atom. The Kier molecular flexibility index (Phi) is 6.34. The van der Waals surface area contributed by atoms with E-state index in [0.29, 0.717) is 35.6 Å². The molecular weight excluding hydrogens is 418 g/mol. The molecule has 1 amide bonds. The van der Waals surface area contributed by atoms with Crippen LogP contribution in [0.3, 0.4) is 0 Å². The van der Waals surface area contributed by atoms with Crippen LogP contribution >= 0.6 is 11.6 Å². The van der Waals surface area contributed by atoms with Crippen molar-refractivity contribution in [3.05, 3.63) is 52.9 Å². The molecule has 0 radical (unpaired) electrons. The number of aliphatic hydroxyl groups is 1. The molecule has 31 heavy (non-hydrogen) atoms. The van der Waals surface area contributed by atoms with Crippen LogP contribution in [0.25, 0.3) is 0 Å². The third-order valence-electron chi connectivity index (χ3n) is 5.11. The zero-order valence-corrected chi connectivity index (χ0v) is 17.9. The monoisotopic (exact) mass is 441 g/mol. The van der Waals surface area contributed by atoms with Crippen LogP contribution in [0.4, 0.5) is 23.1 Å². The Balaban J connectivity index is 1.63. The molecule has 4 rings (SSSR count). The van der Waals surface area contributed by atoms with Gasteiger partial charge >= 0.3 is 0 Å². The van der Waals surface area contributed by atoms with Gasteiger partial charge in [0.05, 0.1) is 6.20 Å². The summed E-state index contributed by atoms with van der Waals surface area (Å²) in [6.45, 7) is 3.10. The molecule has 162 valence electrons. The van der Waals surface area contributed by atoms with Crippen LogP contribution in [0.15, 0.2) is 36.5 Å². The SMILES string of the molecule is Cc1cc(Nc2cnc(C(=O)N3CCCC(CO)C3)c(Nc3ccc(Cl)cc3)n2)n[nH]1. The van der Waals surface area contributed by atoms with Crippen molar-refractivity contribution in [3.8, 4) is 0 Å². The number of halogens is 1. The Bertz CT molecular complexity index is 1050. The van der Waals surface area contributed by atoms with E-state index >= 15 is 0 Å². The van der Waals surface area contributed by atoms with Crippen LogP contribution in [-0.4, -0.2) is 55.8 Å². The second-order valence-corrected chi connectivity index (χ2v) is 8.02. The lowest BCUT2D eigenvalue weighted by Gasteiger charge is -2.31. The van der Waals surface area contributed by atoms with Crippen molar-refractivity contribution in [1.29, 1.82) is 0 Å². The Hall–Kier alpha value is -3.17. The second-order valence-electron chi connectivity index (χ2n) is 7.59. The number of aromatic amines is 1. The number of nitrogens with one attached hydrogen (secondary N) is 3. The zero-order valence-electron chi connectivity index (χ0n) is 17.1. The number of hydrogen-bond donors (Lipinski definition) is 4. The van der Waals surface area contributed by atoms with Crippen LogP contribution in [0.5, 0.6) is 0 Å². The first-order valence-electron chi connectivity index (χ1n) is 10.1. The van der Waals surface area contributed by atoms with Crippen molar-refractivity contribution < 1.29 is 9.90 Å². The molecule has 0 saturated carbocycles. The number of aryl methyl sites for hydroxylation is 1. The molecule has 1 aliphatic rings. The van der Waals surface area contributed by atoms with E-state index in [2.05, 4.69) is 30.8 Å². The summed E-state index contributed by atoms with van der Waals surface area (Å²) in [5, 5.41) is 23.4. The number of amides is 1. The van der Waals surface area contributed by atoms with Gasteiger partial charge in [0, 0.05) is 42.2 Å². The molecule has 1 unspecified atom stereocenters. The first kappa shape index (κ1) is 21.1. The highest BCUT2D eigenvalue weighted by molar-refractivity contribution is 6.30. The molecule has 9 nitrogen and oxygen atoms in total. The number of aromatic nitrogens is 4. The maximum absolute atomic E-state index is 13.2. The predicted molar refractivity (Wildman–Crippen MR) is 119 cm³/mol. The number of carbonyl (C=O) groups excluding carboxylic acids is 1. The van der Waals surface area contributed by atoms with Crippen molar-refractivity contribution in [2.45, 2.75) is 19.8 Å². The smallest absolute Gasteiger partial charge is 0.276 e. The van der Waals surface area contributed by atoms with Gasteiger partial charge in [-0.3, -0.25) is 9.89 Å². The van der Waals surface area contributed by atoms with Gasteiger partial charge in [0.15, 0.2) is 23.1 Å². The summed E-state index contributed by atoms with van der Waals surface area (Å²) in [5.41, 5.74) is 1.86. The molecule has 2 aromatic heterocycles. The number of aliphatic hydroxyl groups excluding tert-OH is 1. The summed E-state index contributed by atoms with van der Waals surface area (Å²) < 4.78 is 0. The number of rotatable bonds is 6. The van der Waals surface area contributed by atoms with Crippen LogP contribution in [0.1, 0.15) is 29.0 Å². The number of nitrogens with zero attached hydrogens (tertiary/aromatic N) is 4. The fourth-order valence-electron chi connectivity index (χ4n) is 3.52. The van der Waals surface area contributed by atoms with E-state index in [-0.39, 0.29) is 24.1 Å². The normalized spacial score (nSPS) is 16.2. The summed E-state index contributed by atoms with van der Waals surface area (Å²) in [4.78, 5) is 24.0. The summed E-state index contributed by atoms with van der Waals surface area (Å²) in [7, 11) is 0. The fraction of sp³-hybridized carbons (Fsp3) is 0.333. The van der Waals surface area contributed by atoms with Gasteiger partial charge in [0.25, 0.3) is 5.91 Å². The van der Waals surface area contributed by atoms with Gasteiger partial charge in [-0.15, -0.1) is 0 Å². The number of likely N-dealkylation sites (tertiary alicyclic amines) is 1. The number of piperidine rings is 1. The van der Waals surface area contributed by atoms with E-state index < -0.39 is 0 Å². The standard InChI is InChI=1S/C21H24ClN7O2/c1-13-9-17(28-27-13)25-18-10-23-19(21(31)29-8-2-3-14(11-29)12-30)20(26-18)24-16-6-4-15(22)5-7-16/h4-7,9-10,14,30H,2-3,8,11-12H2,1H3,(H3,24,25,26,27,28). The molecule has 1 aliphatic heterocycles. The molecule has 4 N–H and O–H groups in total. The quantitative estimate of drug-likeness (QED) is 0.462. The average Bonchev–Trinajstić information content (AvgIpc) is 3.19. The molecule has 10 heteroatoms. The summed E-state index contributed by atoms with van der Waals surface area (Å²) in [6.07, 6.45) is 3.27. The highest BCUT2D eigenvalue weighted by Crippen LogP contribution is 2.25. The highest BCUT2D eigenvalue weighted by atomic mass is 35.5. The first-order chi connectivity index (χ1) is 15.0. The van der Waals surface area contributed by atoms with Crippen LogP contribution in [0, 0.1) is 12.8 Å².